The van der Waals surface area contributed by atoms with Crippen molar-refractivity contribution < 1.29 is 14.2 Å². The van der Waals surface area contributed by atoms with E-state index in [0.717, 1.165) is 10.0 Å². The topological polar surface area (TPSA) is 64.1 Å². The second kappa shape index (κ2) is 9.53. The molecule has 0 aliphatic heterocycles. The van der Waals surface area contributed by atoms with Gasteiger partial charge in [-0.25, -0.2) is 0 Å². The van der Waals surface area contributed by atoms with Crippen LogP contribution < -0.4 is 20.1 Å². The number of hydrogen-bond acceptors (Lipinski definition) is 4. The van der Waals surface area contributed by atoms with Crippen LogP contribution in [-0.4, -0.2) is 47.0 Å². The lowest BCUT2D eigenvalue weighted by Gasteiger charge is -2.18. The summed E-state index contributed by atoms with van der Waals surface area (Å²) in [6.45, 7) is 3.24. The first kappa shape index (κ1) is 18.6. The number of methoxy groups -OCH3 is 3. The Morgan fingerprint density at radius 2 is 1.86 bits per heavy atom. The molecule has 0 amide bonds. The molecule has 1 atom stereocenters. The van der Waals surface area contributed by atoms with Crippen molar-refractivity contribution in [2.45, 2.75) is 19.5 Å². The van der Waals surface area contributed by atoms with Gasteiger partial charge in [-0.15, -0.1) is 0 Å². The summed E-state index contributed by atoms with van der Waals surface area (Å²) in [6, 6.07) is 3.99. The van der Waals surface area contributed by atoms with Gasteiger partial charge in [0.1, 0.15) is 0 Å². The maximum absolute atomic E-state index is 5.33. The zero-order chi connectivity index (χ0) is 16.5. The van der Waals surface area contributed by atoms with Gasteiger partial charge < -0.3 is 24.8 Å². The lowest BCUT2D eigenvalue weighted by Crippen LogP contribution is -2.43. The Balaban J connectivity index is 2.74. The maximum atomic E-state index is 5.33. The van der Waals surface area contributed by atoms with Gasteiger partial charge in [-0.1, -0.05) is 15.9 Å². The van der Waals surface area contributed by atoms with E-state index in [1.54, 1.807) is 28.4 Å². The fourth-order valence-electron chi connectivity index (χ4n) is 1.93. The predicted molar refractivity (Wildman–Crippen MR) is 91.9 cm³/mol. The van der Waals surface area contributed by atoms with E-state index in [4.69, 9.17) is 14.2 Å². The SMILES string of the molecule is CN=C(NCc1cc(OC)c(OC)cc1Br)NC(C)COC. The Kier molecular flexibility index (Phi) is 8.05. The van der Waals surface area contributed by atoms with E-state index in [2.05, 4.69) is 31.6 Å². The molecule has 7 heteroatoms. The van der Waals surface area contributed by atoms with Gasteiger partial charge >= 0.3 is 0 Å². The van der Waals surface area contributed by atoms with Crippen LogP contribution in [-0.2, 0) is 11.3 Å². The highest BCUT2D eigenvalue weighted by Crippen LogP contribution is 2.33. The third kappa shape index (κ3) is 5.38. The highest BCUT2D eigenvalue weighted by atomic mass is 79.9. The van der Waals surface area contributed by atoms with Crippen molar-refractivity contribution in [3.8, 4) is 11.5 Å². The van der Waals surface area contributed by atoms with E-state index in [0.29, 0.717) is 30.6 Å². The molecule has 0 aliphatic rings. The summed E-state index contributed by atoms with van der Waals surface area (Å²) in [7, 11) is 6.65. The fraction of sp³-hybridized carbons (Fsp3) is 0.533. The summed E-state index contributed by atoms with van der Waals surface area (Å²) in [4.78, 5) is 4.20. The molecule has 0 heterocycles. The number of benzene rings is 1. The highest BCUT2D eigenvalue weighted by Gasteiger charge is 2.11. The van der Waals surface area contributed by atoms with E-state index in [1.807, 2.05) is 19.1 Å². The van der Waals surface area contributed by atoms with Crippen molar-refractivity contribution in [3.63, 3.8) is 0 Å². The number of halogens is 1. The molecule has 0 aromatic heterocycles. The molecule has 0 spiro atoms. The first-order valence-electron chi connectivity index (χ1n) is 6.92. The first-order valence-corrected chi connectivity index (χ1v) is 7.71. The minimum absolute atomic E-state index is 0.171. The number of hydrogen-bond donors (Lipinski definition) is 2. The van der Waals surface area contributed by atoms with Crippen LogP contribution in [0.1, 0.15) is 12.5 Å². The standard InChI is InChI=1S/C15H24BrN3O3/c1-10(9-20-3)19-15(17-2)18-8-11-6-13(21-4)14(22-5)7-12(11)16/h6-7,10H,8-9H2,1-5H3,(H2,17,18,19). The first-order chi connectivity index (χ1) is 10.5. The lowest BCUT2D eigenvalue weighted by atomic mass is 10.2. The summed E-state index contributed by atoms with van der Waals surface area (Å²) < 4.78 is 16.6. The number of guanidine groups is 1. The lowest BCUT2D eigenvalue weighted by molar-refractivity contribution is 0.179. The second-order valence-electron chi connectivity index (χ2n) is 4.73. The fourth-order valence-corrected chi connectivity index (χ4v) is 2.39. The van der Waals surface area contributed by atoms with Gasteiger partial charge in [0.05, 0.1) is 20.8 Å². The second-order valence-corrected chi connectivity index (χ2v) is 5.58. The molecule has 1 aromatic rings. The molecule has 0 saturated heterocycles. The van der Waals surface area contributed by atoms with Gasteiger partial charge in [0.15, 0.2) is 17.5 Å². The molecule has 1 unspecified atom stereocenters. The van der Waals surface area contributed by atoms with E-state index >= 15 is 0 Å². The minimum atomic E-state index is 0.171. The van der Waals surface area contributed by atoms with Gasteiger partial charge in [0.25, 0.3) is 0 Å². The Hall–Kier alpha value is -1.47. The Morgan fingerprint density at radius 3 is 2.41 bits per heavy atom. The molecule has 1 aromatic carbocycles. The smallest absolute Gasteiger partial charge is 0.191 e. The summed E-state index contributed by atoms with van der Waals surface area (Å²) in [5, 5.41) is 6.51. The molecule has 0 bridgehead atoms. The van der Waals surface area contributed by atoms with Crippen LogP contribution in [0.15, 0.2) is 21.6 Å². The van der Waals surface area contributed by atoms with Gasteiger partial charge in [-0.05, 0) is 24.6 Å². The largest absolute Gasteiger partial charge is 0.493 e. The van der Waals surface area contributed by atoms with Gasteiger partial charge in [0.2, 0.25) is 0 Å². The molecular formula is C15H24BrN3O3. The number of nitrogens with one attached hydrogen (secondary N) is 2. The Morgan fingerprint density at radius 1 is 1.23 bits per heavy atom. The zero-order valence-electron chi connectivity index (χ0n) is 13.7. The average molecular weight is 374 g/mol. The van der Waals surface area contributed by atoms with Crippen molar-refractivity contribution in [1.29, 1.82) is 0 Å². The maximum Gasteiger partial charge on any atom is 0.191 e. The zero-order valence-corrected chi connectivity index (χ0v) is 15.3. The summed E-state index contributed by atoms with van der Waals surface area (Å²) in [5.74, 6) is 2.10. The van der Waals surface area contributed by atoms with Crippen molar-refractivity contribution in [2.24, 2.45) is 4.99 Å². The van der Waals surface area contributed by atoms with Crippen molar-refractivity contribution in [2.75, 3.05) is 35.0 Å². The number of nitrogens with zero attached hydrogens (tertiary/aromatic N) is 1. The number of aliphatic imine (C=N–C) groups is 1. The summed E-state index contributed by atoms with van der Waals surface area (Å²) >= 11 is 3.54. The van der Waals surface area contributed by atoms with E-state index in [-0.39, 0.29) is 6.04 Å². The van der Waals surface area contributed by atoms with Crippen molar-refractivity contribution in [3.05, 3.63) is 22.2 Å². The van der Waals surface area contributed by atoms with Crippen LogP contribution in [0.25, 0.3) is 0 Å². The third-order valence-electron chi connectivity index (χ3n) is 3.02. The highest BCUT2D eigenvalue weighted by molar-refractivity contribution is 9.10. The monoisotopic (exact) mass is 373 g/mol. The molecular weight excluding hydrogens is 350 g/mol. The van der Waals surface area contributed by atoms with Crippen LogP contribution in [0.2, 0.25) is 0 Å². The minimum Gasteiger partial charge on any atom is -0.493 e. The molecule has 2 N–H and O–H groups in total. The van der Waals surface area contributed by atoms with Gasteiger partial charge in [-0.2, -0.15) is 0 Å². The van der Waals surface area contributed by atoms with Crippen molar-refractivity contribution >= 4 is 21.9 Å². The number of rotatable bonds is 7. The molecule has 22 heavy (non-hydrogen) atoms. The molecule has 124 valence electrons. The van der Waals surface area contributed by atoms with E-state index in [1.165, 1.54) is 0 Å². The molecule has 0 aliphatic carbocycles. The van der Waals surface area contributed by atoms with Crippen LogP contribution in [0.4, 0.5) is 0 Å². The van der Waals surface area contributed by atoms with Crippen LogP contribution in [0.3, 0.4) is 0 Å². The molecule has 0 fully saturated rings. The van der Waals surface area contributed by atoms with Crippen LogP contribution >= 0.6 is 15.9 Å². The Labute approximate surface area is 140 Å². The molecule has 0 saturated carbocycles. The van der Waals surface area contributed by atoms with Gasteiger partial charge in [0, 0.05) is 31.2 Å². The molecule has 0 radical (unpaired) electrons. The predicted octanol–water partition coefficient (Wildman–Crippen LogP) is 2.17. The van der Waals surface area contributed by atoms with E-state index < -0.39 is 0 Å². The quantitative estimate of drug-likeness (QED) is 0.566. The molecule has 1 rings (SSSR count). The summed E-state index contributed by atoms with van der Waals surface area (Å²) in [6.07, 6.45) is 0. The van der Waals surface area contributed by atoms with Crippen LogP contribution in [0.5, 0.6) is 11.5 Å². The third-order valence-corrected chi connectivity index (χ3v) is 3.76. The number of ether oxygens (including phenoxy) is 3. The van der Waals surface area contributed by atoms with E-state index in [9.17, 15) is 0 Å². The normalized spacial score (nSPS) is 12.7. The summed E-state index contributed by atoms with van der Waals surface area (Å²) in [5.41, 5.74) is 1.04. The van der Waals surface area contributed by atoms with Gasteiger partial charge in [-0.3, -0.25) is 4.99 Å². The Bertz CT molecular complexity index is 509. The van der Waals surface area contributed by atoms with Crippen molar-refractivity contribution in [1.82, 2.24) is 10.6 Å². The van der Waals surface area contributed by atoms with Crippen LogP contribution in [0, 0.1) is 0 Å². The average Bonchev–Trinajstić information content (AvgIpc) is 2.52. The molecule has 6 nitrogen and oxygen atoms in total.